The van der Waals surface area contributed by atoms with Crippen LogP contribution in [0.2, 0.25) is 0 Å². The van der Waals surface area contributed by atoms with Gasteiger partial charge in [0.05, 0.1) is 31.0 Å². The lowest BCUT2D eigenvalue weighted by molar-refractivity contribution is -0.119. The number of para-hydroxylation sites is 1. The van der Waals surface area contributed by atoms with Gasteiger partial charge in [-0.2, -0.15) is 0 Å². The number of carbonyl (C=O) groups excluding carboxylic acids is 2. The van der Waals surface area contributed by atoms with E-state index in [-0.39, 0.29) is 0 Å². The second-order valence-corrected chi connectivity index (χ2v) is 7.03. The minimum absolute atomic E-state index is 0.322. The first-order chi connectivity index (χ1) is 16.1. The van der Waals surface area contributed by atoms with E-state index in [1.165, 1.54) is 14.2 Å². The van der Waals surface area contributed by atoms with Gasteiger partial charge in [0, 0.05) is 47.2 Å². The molecule has 2 aromatic heterocycles. The minimum Gasteiger partial charge on any atom is -0.497 e. The molecular weight excluding hydrogens is 422 g/mol. The maximum atomic E-state index is 12.9. The number of anilines is 1. The molecule has 0 saturated carbocycles. The molecule has 8 nitrogen and oxygen atoms in total. The number of methoxy groups -OCH3 is 2. The van der Waals surface area contributed by atoms with Crippen LogP contribution in [0.4, 0.5) is 5.69 Å². The Morgan fingerprint density at radius 3 is 2.30 bits per heavy atom. The van der Waals surface area contributed by atoms with Crippen molar-refractivity contribution in [1.29, 1.82) is 0 Å². The Balaban J connectivity index is 1.53. The van der Waals surface area contributed by atoms with Crippen molar-refractivity contribution in [3.63, 3.8) is 0 Å². The summed E-state index contributed by atoms with van der Waals surface area (Å²) < 4.78 is 15.7. The fraction of sp³-hybridized carbons (Fsp3) is 0.120. The van der Waals surface area contributed by atoms with Crippen molar-refractivity contribution in [1.82, 2.24) is 9.97 Å². The number of nitrogens with one attached hydrogen (secondary N) is 1. The average molecular weight is 443 g/mol. The Morgan fingerprint density at radius 2 is 1.61 bits per heavy atom. The summed E-state index contributed by atoms with van der Waals surface area (Å²) in [6, 6.07) is 17.5. The normalized spacial score (nSPS) is 10.5. The standard InChI is InChI=1S/C25H21N3O5/c1-31-18-11-17(12-19(13-18)32-2)27-24(29)15-33-25(30)21-14-23(16-7-9-26-10-8-16)28-22-6-4-3-5-20(21)22/h3-14H,15H2,1-2H3,(H,27,29). The number of benzene rings is 2. The van der Waals surface area contributed by atoms with E-state index < -0.39 is 18.5 Å². The molecule has 0 radical (unpaired) electrons. The zero-order chi connectivity index (χ0) is 23.2. The van der Waals surface area contributed by atoms with Crippen molar-refractivity contribution in [2.24, 2.45) is 0 Å². The van der Waals surface area contributed by atoms with Crippen molar-refractivity contribution < 1.29 is 23.8 Å². The molecule has 1 amide bonds. The largest absolute Gasteiger partial charge is 0.497 e. The Kier molecular flexibility index (Phi) is 6.45. The van der Waals surface area contributed by atoms with Crippen molar-refractivity contribution in [3.8, 4) is 22.8 Å². The summed E-state index contributed by atoms with van der Waals surface area (Å²) in [5.41, 5.74) is 2.85. The van der Waals surface area contributed by atoms with Crippen molar-refractivity contribution in [2.45, 2.75) is 0 Å². The van der Waals surface area contributed by atoms with Crippen molar-refractivity contribution in [2.75, 3.05) is 26.1 Å². The molecular formula is C25H21N3O5. The second kappa shape index (κ2) is 9.78. The Labute approximate surface area is 190 Å². The highest BCUT2D eigenvalue weighted by Gasteiger charge is 2.17. The molecule has 4 aromatic rings. The molecule has 0 fully saturated rings. The van der Waals surface area contributed by atoms with E-state index in [1.807, 2.05) is 30.3 Å². The van der Waals surface area contributed by atoms with Gasteiger partial charge in [-0.3, -0.25) is 9.78 Å². The zero-order valence-electron chi connectivity index (χ0n) is 18.1. The van der Waals surface area contributed by atoms with Crippen LogP contribution < -0.4 is 14.8 Å². The molecule has 4 rings (SSSR count). The van der Waals surface area contributed by atoms with E-state index in [0.29, 0.717) is 39.3 Å². The summed E-state index contributed by atoms with van der Waals surface area (Å²) in [5, 5.41) is 3.31. The van der Waals surface area contributed by atoms with Crippen molar-refractivity contribution >= 4 is 28.5 Å². The Morgan fingerprint density at radius 1 is 0.909 bits per heavy atom. The fourth-order valence-electron chi connectivity index (χ4n) is 3.30. The number of hydrogen-bond acceptors (Lipinski definition) is 7. The van der Waals surface area contributed by atoms with Gasteiger partial charge in [0.15, 0.2) is 6.61 Å². The molecule has 0 saturated heterocycles. The molecule has 8 heteroatoms. The number of carbonyl (C=O) groups is 2. The van der Waals surface area contributed by atoms with Gasteiger partial charge in [-0.25, -0.2) is 9.78 Å². The van der Waals surface area contributed by atoms with Crippen LogP contribution in [0.1, 0.15) is 10.4 Å². The lowest BCUT2D eigenvalue weighted by Gasteiger charge is -2.11. The molecule has 0 bridgehead atoms. The average Bonchev–Trinajstić information content (AvgIpc) is 2.86. The molecule has 2 aromatic carbocycles. The Hall–Kier alpha value is -4.46. The van der Waals surface area contributed by atoms with E-state index in [2.05, 4.69) is 15.3 Å². The third-order valence-electron chi connectivity index (χ3n) is 4.88. The van der Waals surface area contributed by atoms with Gasteiger partial charge in [-0.15, -0.1) is 0 Å². The predicted molar refractivity (Wildman–Crippen MR) is 123 cm³/mol. The molecule has 0 aliphatic rings. The molecule has 0 unspecified atom stereocenters. The summed E-state index contributed by atoms with van der Waals surface area (Å²) in [4.78, 5) is 34.0. The van der Waals surface area contributed by atoms with Gasteiger partial charge in [0.25, 0.3) is 5.91 Å². The SMILES string of the molecule is COc1cc(NC(=O)COC(=O)c2cc(-c3ccncc3)nc3ccccc23)cc(OC)c1. The van der Waals surface area contributed by atoms with Crippen LogP contribution in [0.25, 0.3) is 22.2 Å². The highest BCUT2D eigenvalue weighted by atomic mass is 16.5. The second-order valence-electron chi connectivity index (χ2n) is 7.03. The van der Waals surface area contributed by atoms with Gasteiger partial charge in [0.1, 0.15) is 11.5 Å². The smallest absolute Gasteiger partial charge is 0.339 e. The summed E-state index contributed by atoms with van der Waals surface area (Å²) in [7, 11) is 3.03. The van der Waals surface area contributed by atoms with Crippen molar-refractivity contribution in [3.05, 3.63) is 78.6 Å². The lowest BCUT2D eigenvalue weighted by Crippen LogP contribution is -2.21. The number of esters is 1. The first-order valence-electron chi connectivity index (χ1n) is 10.1. The molecule has 166 valence electrons. The Bertz CT molecular complexity index is 1290. The summed E-state index contributed by atoms with van der Waals surface area (Å²) in [6.07, 6.45) is 3.31. The van der Waals surface area contributed by atoms with Crippen LogP contribution in [-0.2, 0) is 9.53 Å². The highest BCUT2D eigenvalue weighted by Crippen LogP contribution is 2.27. The topological polar surface area (TPSA) is 99.6 Å². The molecule has 0 spiro atoms. The van der Waals surface area contributed by atoms with Gasteiger partial charge in [0.2, 0.25) is 0 Å². The third kappa shape index (κ3) is 5.07. The summed E-state index contributed by atoms with van der Waals surface area (Å²) >= 11 is 0. The van der Waals surface area contributed by atoms with E-state index in [4.69, 9.17) is 14.2 Å². The third-order valence-corrected chi connectivity index (χ3v) is 4.88. The van der Waals surface area contributed by atoms with Crippen LogP contribution in [-0.4, -0.2) is 42.7 Å². The lowest BCUT2D eigenvalue weighted by atomic mass is 10.0. The van der Waals surface area contributed by atoms with Gasteiger partial charge < -0.3 is 19.5 Å². The van der Waals surface area contributed by atoms with Gasteiger partial charge >= 0.3 is 5.97 Å². The van der Waals surface area contributed by atoms with E-state index >= 15 is 0 Å². The predicted octanol–water partition coefficient (Wildman–Crippen LogP) is 4.11. The van der Waals surface area contributed by atoms with Crippen LogP contribution in [0.15, 0.2) is 73.1 Å². The highest BCUT2D eigenvalue weighted by molar-refractivity contribution is 6.05. The van der Waals surface area contributed by atoms with E-state index in [9.17, 15) is 9.59 Å². The summed E-state index contributed by atoms with van der Waals surface area (Å²) in [6.45, 7) is -0.459. The molecule has 33 heavy (non-hydrogen) atoms. The molecule has 1 N–H and O–H groups in total. The van der Waals surface area contributed by atoms with E-state index in [0.717, 1.165) is 5.56 Å². The van der Waals surface area contributed by atoms with Gasteiger partial charge in [-0.05, 0) is 24.3 Å². The maximum absolute atomic E-state index is 12.9. The molecule has 2 heterocycles. The van der Waals surface area contributed by atoms with E-state index in [1.54, 1.807) is 42.7 Å². The summed E-state index contributed by atoms with van der Waals surface area (Å²) in [5.74, 6) is -0.0734. The fourth-order valence-corrected chi connectivity index (χ4v) is 3.30. The number of amides is 1. The number of fused-ring (bicyclic) bond motifs is 1. The minimum atomic E-state index is -0.623. The van der Waals surface area contributed by atoms with Crippen LogP contribution in [0, 0.1) is 0 Å². The van der Waals surface area contributed by atoms with Gasteiger partial charge in [-0.1, -0.05) is 18.2 Å². The number of ether oxygens (including phenoxy) is 3. The number of hydrogen-bond donors (Lipinski definition) is 1. The number of aromatic nitrogens is 2. The van der Waals surface area contributed by atoms with Crippen LogP contribution in [0.5, 0.6) is 11.5 Å². The molecule has 0 atom stereocenters. The van der Waals surface area contributed by atoms with Crippen LogP contribution in [0.3, 0.4) is 0 Å². The first kappa shape index (κ1) is 21.8. The number of pyridine rings is 2. The first-order valence-corrected chi connectivity index (χ1v) is 10.1. The number of nitrogens with zero attached hydrogens (tertiary/aromatic N) is 2. The maximum Gasteiger partial charge on any atom is 0.339 e. The quantitative estimate of drug-likeness (QED) is 0.429. The number of rotatable bonds is 7. The zero-order valence-corrected chi connectivity index (χ0v) is 18.1. The molecule has 0 aliphatic carbocycles. The molecule has 0 aliphatic heterocycles. The monoisotopic (exact) mass is 443 g/mol. The van der Waals surface area contributed by atoms with Crippen LogP contribution >= 0.6 is 0 Å².